The van der Waals surface area contributed by atoms with Crippen molar-refractivity contribution < 1.29 is 30.2 Å². The monoisotopic (exact) mass is 451 g/mol. The molecule has 1 aromatic carbocycles. The minimum atomic E-state index is -4.43. The Morgan fingerprint density at radius 1 is 0.885 bits per heavy atom. The van der Waals surface area contributed by atoms with Crippen molar-refractivity contribution in [3.63, 3.8) is 0 Å². The summed E-state index contributed by atoms with van der Waals surface area (Å²) in [4.78, 5) is 0. The number of halogens is 3. The molecule has 1 radical (unpaired) electrons. The Labute approximate surface area is 170 Å². The van der Waals surface area contributed by atoms with Crippen molar-refractivity contribution in [3.05, 3.63) is 35.4 Å². The molecule has 145 valence electrons. The number of nitrogens with one attached hydrogen (secondary N) is 2. The molecule has 0 aliphatic carbocycles. The second-order valence-electron chi connectivity index (χ2n) is 4.52. The van der Waals surface area contributed by atoms with E-state index < -0.39 is 11.7 Å². The van der Waals surface area contributed by atoms with Crippen molar-refractivity contribution in [1.82, 2.24) is 10.6 Å². The van der Waals surface area contributed by atoms with E-state index in [-0.39, 0.29) is 33.1 Å². The Bertz CT molecular complexity index is 714. The third-order valence-electron chi connectivity index (χ3n) is 2.79. The van der Waals surface area contributed by atoms with Crippen LogP contribution in [-0.4, -0.2) is 35.9 Å². The zero-order valence-corrected chi connectivity index (χ0v) is 16.4. The van der Waals surface area contributed by atoms with Gasteiger partial charge in [0.2, 0.25) is 0 Å². The van der Waals surface area contributed by atoms with Gasteiger partial charge in [-0.25, -0.2) is 0 Å². The van der Waals surface area contributed by atoms with Crippen molar-refractivity contribution in [2.24, 2.45) is 20.4 Å². The number of rotatable bonds is 4. The van der Waals surface area contributed by atoms with Gasteiger partial charge in [0.15, 0.2) is 0 Å². The van der Waals surface area contributed by atoms with Crippen LogP contribution >= 0.6 is 0 Å². The maximum atomic E-state index is 12.7. The molecule has 0 unspecified atom stereocenters. The number of benzene rings is 1. The van der Waals surface area contributed by atoms with Gasteiger partial charge in [0.25, 0.3) is 0 Å². The quantitative estimate of drug-likeness (QED) is 0.241. The molecule has 0 saturated heterocycles. The van der Waals surface area contributed by atoms with Crippen molar-refractivity contribution in [2.45, 2.75) is 13.1 Å². The molecule has 1 aromatic rings. The Kier molecular flexibility index (Phi) is 10.3. The van der Waals surface area contributed by atoms with E-state index in [0.717, 1.165) is 12.1 Å². The molecular weight excluding hydrogens is 437 g/mol. The summed E-state index contributed by atoms with van der Waals surface area (Å²) in [6.07, 6.45) is -4.43. The van der Waals surface area contributed by atoms with Crippen LogP contribution in [-0.2, 0) is 48.5 Å². The van der Waals surface area contributed by atoms with Gasteiger partial charge in [-0.1, -0.05) is 12.1 Å². The molecule has 0 heterocycles. The van der Waals surface area contributed by atoms with Gasteiger partial charge >= 0.3 is 23.2 Å². The van der Waals surface area contributed by atoms with E-state index in [1.54, 1.807) is 21.0 Å². The normalized spacial score (nSPS) is 13.9. The molecule has 26 heavy (non-hydrogen) atoms. The molecule has 0 aliphatic heterocycles. The minimum Gasteiger partial charge on any atom is -0.741 e. The van der Waals surface area contributed by atoms with E-state index in [2.05, 4.69) is 31.0 Å². The number of amidine groups is 2. The van der Waals surface area contributed by atoms with Crippen molar-refractivity contribution in [2.75, 3.05) is 14.1 Å². The summed E-state index contributed by atoms with van der Waals surface area (Å²) in [5.74, 6) is 0. The maximum Gasteiger partial charge on any atom is 2.00 e. The molecule has 0 aliphatic rings. The Morgan fingerprint density at radius 3 is 1.77 bits per heavy atom. The Morgan fingerprint density at radius 2 is 1.35 bits per heavy atom. The number of hydrogen-bond acceptors (Lipinski definition) is 6. The van der Waals surface area contributed by atoms with Crippen LogP contribution in [0.4, 0.5) is 13.2 Å². The topological polar surface area (TPSA) is 73.5 Å². The second-order valence-corrected chi connectivity index (χ2v) is 5.29. The van der Waals surface area contributed by atoms with Gasteiger partial charge in [-0.2, -0.15) is 28.5 Å². The SMILES string of the molecule is CN/C([S-])=N/N=C(C)/C(=N/N=C(\[S-])NC)c1ccc(C(F)(F)F)cc1.[Cu+2]. The van der Waals surface area contributed by atoms with E-state index in [1.807, 2.05) is 0 Å². The second kappa shape index (κ2) is 11.1. The van der Waals surface area contributed by atoms with Crippen molar-refractivity contribution in [1.29, 1.82) is 0 Å². The van der Waals surface area contributed by atoms with E-state index in [1.165, 1.54) is 12.1 Å². The van der Waals surface area contributed by atoms with Gasteiger partial charge in [-0.3, -0.25) is 0 Å². The minimum absolute atomic E-state index is 0. The fraction of sp³-hybridized carbons (Fsp3) is 0.286. The molecule has 0 spiro atoms. The predicted octanol–water partition coefficient (Wildman–Crippen LogP) is 2.03. The van der Waals surface area contributed by atoms with Gasteiger partial charge in [0, 0.05) is 19.7 Å². The fourth-order valence-electron chi connectivity index (χ4n) is 1.52. The molecule has 1 rings (SSSR count). The fourth-order valence-corrected chi connectivity index (χ4v) is 1.60. The molecule has 0 atom stereocenters. The summed E-state index contributed by atoms with van der Waals surface area (Å²) in [6, 6.07) is 4.44. The summed E-state index contributed by atoms with van der Waals surface area (Å²) in [7, 11) is 3.16. The standard InChI is InChI=1S/C14H17F3N6S2.Cu/c1-8(20-22-12(24)18-2)11(21-23-13(25)19-3)9-4-6-10(7-5-9)14(15,16)17;/h4-7H,1-3H3,(H2,18,22,24)(H2,19,23,25);/q;+2/p-2/b20-8+,21-11-;. The van der Waals surface area contributed by atoms with Crippen LogP contribution in [0.5, 0.6) is 0 Å². The molecule has 0 saturated carbocycles. The molecule has 6 nitrogen and oxygen atoms in total. The molecule has 0 aromatic heterocycles. The van der Waals surface area contributed by atoms with Gasteiger partial charge < -0.3 is 35.9 Å². The molecule has 2 N–H and O–H groups in total. The molecule has 0 bridgehead atoms. The first-order chi connectivity index (χ1) is 11.7. The largest absolute Gasteiger partial charge is 2.00 e. The molecular formula is C14H15CuF3N6S2. The van der Waals surface area contributed by atoms with E-state index in [9.17, 15) is 13.2 Å². The average Bonchev–Trinajstić information content (AvgIpc) is 2.59. The summed E-state index contributed by atoms with van der Waals surface area (Å²) >= 11 is 9.73. The van der Waals surface area contributed by atoms with Crippen LogP contribution in [0.1, 0.15) is 18.1 Å². The van der Waals surface area contributed by atoms with Crippen molar-refractivity contribution in [3.8, 4) is 0 Å². The molecule has 12 heteroatoms. The van der Waals surface area contributed by atoms with Crippen LogP contribution in [0.3, 0.4) is 0 Å². The number of nitrogens with zero attached hydrogens (tertiary/aromatic N) is 4. The Hall–Kier alpha value is -1.75. The maximum absolute atomic E-state index is 12.7. The number of hydrogen-bond donors (Lipinski definition) is 2. The molecule has 0 fully saturated rings. The third kappa shape index (κ3) is 7.65. The smallest absolute Gasteiger partial charge is 0.741 e. The van der Waals surface area contributed by atoms with E-state index in [0.29, 0.717) is 11.3 Å². The Balaban J connectivity index is 0.00000625. The van der Waals surface area contributed by atoms with Gasteiger partial charge in [0.05, 0.1) is 11.3 Å². The van der Waals surface area contributed by atoms with Gasteiger partial charge in [0.1, 0.15) is 5.71 Å². The summed E-state index contributed by atoms with van der Waals surface area (Å²) < 4.78 is 38.1. The van der Waals surface area contributed by atoms with Gasteiger partial charge in [-0.05, 0) is 29.4 Å². The van der Waals surface area contributed by atoms with Crippen molar-refractivity contribution >= 4 is 47.0 Å². The van der Waals surface area contributed by atoms with E-state index in [4.69, 9.17) is 25.3 Å². The zero-order valence-electron chi connectivity index (χ0n) is 13.9. The van der Waals surface area contributed by atoms with E-state index >= 15 is 0 Å². The zero-order chi connectivity index (χ0) is 19.0. The number of alkyl halides is 3. The summed E-state index contributed by atoms with van der Waals surface area (Å²) in [5, 5.41) is 20.9. The van der Waals surface area contributed by atoms with Crippen LogP contribution in [0.25, 0.3) is 0 Å². The first-order valence-electron chi connectivity index (χ1n) is 6.84. The van der Waals surface area contributed by atoms with Crippen LogP contribution in [0.2, 0.25) is 0 Å². The van der Waals surface area contributed by atoms with Gasteiger partial charge in [-0.15, -0.1) is 5.10 Å². The van der Waals surface area contributed by atoms with Crippen LogP contribution in [0.15, 0.2) is 44.7 Å². The molecule has 0 amide bonds. The average molecular weight is 452 g/mol. The summed E-state index contributed by atoms with van der Waals surface area (Å²) in [6.45, 7) is 1.58. The first-order valence-corrected chi connectivity index (χ1v) is 7.66. The summed E-state index contributed by atoms with van der Waals surface area (Å²) in [5.41, 5.74) is 0.130. The van der Waals surface area contributed by atoms with Crippen LogP contribution < -0.4 is 10.6 Å². The third-order valence-corrected chi connectivity index (χ3v) is 3.36. The first kappa shape index (κ1) is 24.2. The predicted molar refractivity (Wildman–Crippen MR) is 98.8 cm³/mol. The van der Waals surface area contributed by atoms with Crippen LogP contribution in [0, 0.1) is 0 Å².